The second-order valence-electron chi connectivity index (χ2n) is 6.71. The maximum Gasteiger partial charge on any atom is 0.163 e. The third-order valence-corrected chi connectivity index (χ3v) is 5.12. The van der Waals surface area contributed by atoms with E-state index in [1.54, 1.807) is 0 Å². The molecule has 27 heavy (non-hydrogen) atoms. The molecular weight excluding hydrogens is 336 g/mol. The minimum Gasteiger partial charge on any atom is -0.388 e. The van der Waals surface area contributed by atoms with Gasteiger partial charge in [-0.3, -0.25) is 0 Å². The van der Waals surface area contributed by atoms with Gasteiger partial charge in [0.2, 0.25) is 0 Å². The first-order valence-corrected chi connectivity index (χ1v) is 9.44. The lowest BCUT2D eigenvalue weighted by molar-refractivity contribution is 0.623. The predicted octanol–water partition coefficient (Wildman–Crippen LogP) is 4.55. The van der Waals surface area contributed by atoms with Crippen molar-refractivity contribution in [2.45, 2.75) is 32.6 Å². The molecule has 1 radical (unpaired) electrons. The van der Waals surface area contributed by atoms with Crippen LogP contribution in [0, 0.1) is 13.8 Å². The maximum absolute atomic E-state index is 4.83. The SMILES string of the molecule is [CH2]CC(CC)c1cc(C)nc2c(-c3c(NC)cc(NC)cc3NC)cnn12. The second-order valence-corrected chi connectivity index (χ2v) is 6.71. The summed E-state index contributed by atoms with van der Waals surface area (Å²) in [7, 11) is 5.79. The van der Waals surface area contributed by atoms with E-state index in [1.165, 1.54) is 5.69 Å². The molecule has 0 aliphatic rings. The first-order chi connectivity index (χ1) is 13.1. The summed E-state index contributed by atoms with van der Waals surface area (Å²) >= 11 is 0. The van der Waals surface area contributed by atoms with Crippen LogP contribution in [0.25, 0.3) is 16.8 Å². The Morgan fingerprint density at radius 3 is 2.26 bits per heavy atom. The molecule has 0 fully saturated rings. The average Bonchev–Trinajstić information content (AvgIpc) is 3.10. The Labute approximate surface area is 161 Å². The van der Waals surface area contributed by atoms with Gasteiger partial charge < -0.3 is 16.0 Å². The number of rotatable bonds is 7. The first-order valence-electron chi connectivity index (χ1n) is 9.44. The molecule has 3 N–H and O–H groups in total. The Hall–Kier alpha value is -2.76. The Morgan fingerprint density at radius 2 is 1.74 bits per heavy atom. The van der Waals surface area contributed by atoms with Crippen molar-refractivity contribution in [3.8, 4) is 11.1 Å². The molecule has 2 heterocycles. The van der Waals surface area contributed by atoms with Crippen molar-refractivity contribution in [3.63, 3.8) is 0 Å². The van der Waals surface area contributed by atoms with Gasteiger partial charge in [-0.15, -0.1) is 0 Å². The summed E-state index contributed by atoms with van der Waals surface area (Å²) in [4.78, 5) is 4.83. The lowest BCUT2D eigenvalue weighted by Gasteiger charge is -2.17. The highest BCUT2D eigenvalue weighted by Crippen LogP contribution is 2.40. The fraction of sp³-hybridized carbons (Fsp3) is 0.381. The third kappa shape index (κ3) is 3.31. The molecule has 143 valence electrons. The van der Waals surface area contributed by atoms with E-state index < -0.39 is 0 Å². The topological polar surface area (TPSA) is 66.3 Å². The van der Waals surface area contributed by atoms with Gasteiger partial charge in [0.1, 0.15) is 0 Å². The zero-order valence-corrected chi connectivity index (χ0v) is 16.8. The molecule has 0 aliphatic heterocycles. The number of aromatic nitrogens is 3. The van der Waals surface area contributed by atoms with E-state index in [2.05, 4.69) is 48.0 Å². The summed E-state index contributed by atoms with van der Waals surface area (Å²) < 4.78 is 1.98. The summed E-state index contributed by atoms with van der Waals surface area (Å²) in [5.74, 6) is 0.362. The average molecular weight is 366 g/mol. The molecule has 1 aromatic carbocycles. The molecule has 0 aliphatic carbocycles. The van der Waals surface area contributed by atoms with Gasteiger partial charge in [-0.25, -0.2) is 9.50 Å². The van der Waals surface area contributed by atoms with Gasteiger partial charge in [0.15, 0.2) is 5.65 Å². The van der Waals surface area contributed by atoms with Gasteiger partial charge in [-0.1, -0.05) is 13.8 Å². The minimum atomic E-state index is 0.362. The summed E-state index contributed by atoms with van der Waals surface area (Å²) in [6.07, 6.45) is 3.78. The molecule has 6 nitrogen and oxygen atoms in total. The Bertz CT molecular complexity index is 914. The van der Waals surface area contributed by atoms with Crippen molar-refractivity contribution in [1.82, 2.24) is 14.6 Å². The number of hydrogen-bond acceptors (Lipinski definition) is 5. The zero-order chi connectivity index (χ0) is 19.6. The highest BCUT2D eigenvalue weighted by molar-refractivity contribution is 5.96. The minimum absolute atomic E-state index is 0.362. The smallest absolute Gasteiger partial charge is 0.163 e. The van der Waals surface area contributed by atoms with Crippen LogP contribution in [-0.2, 0) is 0 Å². The molecule has 3 rings (SSSR count). The fourth-order valence-electron chi connectivity index (χ4n) is 3.61. The molecule has 6 heteroatoms. The second kappa shape index (κ2) is 7.86. The number of nitrogens with one attached hydrogen (secondary N) is 3. The number of anilines is 3. The number of nitrogens with zero attached hydrogens (tertiary/aromatic N) is 3. The quantitative estimate of drug-likeness (QED) is 0.573. The van der Waals surface area contributed by atoms with Crippen molar-refractivity contribution < 1.29 is 0 Å². The highest BCUT2D eigenvalue weighted by Gasteiger charge is 2.20. The highest BCUT2D eigenvalue weighted by atomic mass is 15.3. The monoisotopic (exact) mass is 365 g/mol. The largest absolute Gasteiger partial charge is 0.388 e. The third-order valence-electron chi connectivity index (χ3n) is 5.12. The maximum atomic E-state index is 4.83. The van der Waals surface area contributed by atoms with Crippen molar-refractivity contribution in [1.29, 1.82) is 0 Å². The molecular formula is C21H29N6. The molecule has 3 aromatic rings. The van der Waals surface area contributed by atoms with Crippen LogP contribution in [0.2, 0.25) is 0 Å². The van der Waals surface area contributed by atoms with E-state index in [4.69, 9.17) is 10.1 Å². The molecule has 1 unspecified atom stereocenters. The Balaban J connectivity index is 2.31. The van der Waals surface area contributed by atoms with Crippen LogP contribution in [0.15, 0.2) is 24.4 Å². The molecule has 0 saturated carbocycles. The first kappa shape index (κ1) is 19.0. The zero-order valence-electron chi connectivity index (χ0n) is 16.8. The summed E-state index contributed by atoms with van der Waals surface area (Å²) in [5, 5.41) is 14.5. The normalized spacial score (nSPS) is 11.2. The number of hydrogen-bond donors (Lipinski definition) is 3. The molecule has 0 saturated heterocycles. The van der Waals surface area contributed by atoms with E-state index in [0.717, 1.165) is 52.4 Å². The van der Waals surface area contributed by atoms with Crippen molar-refractivity contribution >= 4 is 22.7 Å². The lowest BCUT2D eigenvalue weighted by atomic mass is 9.98. The molecule has 2 aromatic heterocycles. The fourth-order valence-corrected chi connectivity index (χ4v) is 3.61. The van der Waals surface area contributed by atoms with Crippen LogP contribution in [0.4, 0.5) is 17.1 Å². The van der Waals surface area contributed by atoms with Gasteiger partial charge >= 0.3 is 0 Å². The van der Waals surface area contributed by atoms with E-state index in [-0.39, 0.29) is 0 Å². The van der Waals surface area contributed by atoms with Gasteiger partial charge in [0, 0.05) is 61.1 Å². The van der Waals surface area contributed by atoms with Gasteiger partial charge in [0.05, 0.1) is 11.8 Å². The van der Waals surface area contributed by atoms with Crippen molar-refractivity contribution in [2.24, 2.45) is 0 Å². The van der Waals surface area contributed by atoms with Crippen LogP contribution < -0.4 is 16.0 Å². The number of aryl methyl sites for hydroxylation is 1. The van der Waals surface area contributed by atoms with Crippen LogP contribution in [0.3, 0.4) is 0 Å². The van der Waals surface area contributed by atoms with Crippen LogP contribution >= 0.6 is 0 Å². The van der Waals surface area contributed by atoms with E-state index >= 15 is 0 Å². The number of fused-ring (bicyclic) bond motifs is 1. The lowest BCUT2D eigenvalue weighted by Crippen LogP contribution is -2.07. The van der Waals surface area contributed by atoms with E-state index in [1.807, 2.05) is 38.8 Å². The van der Waals surface area contributed by atoms with E-state index in [9.17, 15) is 0 Å². The Kier molecular flexibility index (Phi) is 5.54. The number of benzene rings is 1. The van der Waals surface area contributed by atoms with Crippen LogP contribution in [0.1, 0.15) is 37.1 Å². The van der Waals surface area contributed by atoms with Crippen LogP contribution in [0.5, 0.6) is 0 Å². The van der Waals surface area contributed by atoms with Crippen molar-refractivity contribution in [3.05, 3.63) is 42.7 Å². The van der Waals surface area contributed by atoms with E-state index in [0.29, 0.717) is 5.92 Å². The molecule has 0 amide bonds. The summed E-state index contributed by atoms with van der Waals surface area (Å²) in [6.45, 7) is 8.35. The summed E-state index contributed by atoms with van der Waals surface area (Å²) in [6, 6.07) is 6.33. The molecule has 1 atom stereocenters. The van der Waals surface area contributed by atoms with Gasteiger partial charge in [-0.05, 0) is 38.0 Å². The Morgan fingerprint density at radius 1 is 1.07 bits per heavy atom. The van der Waals surface area contributed by atoms with Gasteiger partial charge in [-0.2, -0.15) is 5.10 Å². The van der Waals surface area contributed by atoms with Gasteiger partial charge in [0.25, 0.3) is 0 Å². The van der Waals surface area contributed by atoms with Crippen molar-refractivity contribution in [2.75, 3.05) is 37.1 Å². The summed E-state index contributed by atoms with van der Waals surface area (Å²) in [5.41, 5.74) is 8.21. The van der Waals surface area contributed by atoms with Crippen LogP contribution in [-0.4, -0.2) is 35.7 Å². The molecule has 0 spiro atoms. The standard InChI is InChI=1S/C21H29N6/c1-7-14(8-2)19-9-13(3)26-21-16(12-25-27(19)21)20-17(23-5)10-15(22-4)11-18(20)24-6/h9-12,14,22-24H,1,7-8H2,2-6H3. The molecule has 0 bridgehead atoms. The predicted molar refractivity (Wildman–Crippen MR) is 115 cm³/mol.